The summed E-state index contributed by atoms with van der Waals surface area (Å²) in [5.74, 6) is 0.0187. The molecule has 0 aliphatic rings. The average molecular weight is 362 g/mol. The summed E-state index contributed by atoms with van der Waals surface area (Å²) in [6, 6.07) is 22.2. The molecule has 6 heteroatoms. The lowest BCUT2D eigenvalue weighted by atomic mass is 10.1. The minimum Gasteiger partial charge on any atom is -0.394 e. The van der Waals surface area contributed by atoms with E-state index in [9.17, 15) is 9.90 Å². The first-order valence-corrected chi connectivity index (χ1v) is 8.67. The van der Waals surface area contributed by atoms with Crippen LogP contribution in [0.3, 0.4) is 0 Å². The Morgan fingerprint density at radius 1 is 1.00 bits per heavy atom. The first kappa shape index (κ1) is 18.4. The van der Waals surface area contributed by atoms with Gasteiger partial charge in [-0.1, -0.05) is 72.8 Å². The lowest BCUT2D eigenvalue weighted by Crippen LogP contribution is -2.45. The van der Waals surface area contributed by atoms with Crippen LogP contribution in [-0.2, 0) is 6.54 Å². The normalized spacial score (nSPS) is 12.6. The van der Waals surface area contributed by atoms with E-state index < -0.39 is 12.1 Å². The second-order valence-corrected chi connectivity index (χ2v) is 6.08. The zero-order valence-corrected chi connectivity index (χ0v) is 14.8. The number of carbonyl (C=O) groups excluding carboxylic acids is 1. The Morgan fingerprint density at radius 2 is 1.70 bits per heavy atom. The van der Waals surface area contributed by atoms with Gasteiger partial charge in [0, 0.05) is 0 Å². The fourth-order valence-electron chi connectivity index (χ4n) is 2.87. The largest absolute Gasteiger partial charge is 0.394 e. The average Bonchev–Trinajstić information content (AvgIpc) is 2.71. The third kappa shape index (κ3) is 4.83. The summed E-state index contributed by atoms with van der Waals surface area (Å²) < 4.78 is 0. The van der Waals surface area contributed by atoms with Crippen molar-refractivity contribution in [2.75, 3.05) is 6.61 Å². The van der Waals surface area contributed by atoms with Gasteiger partial charge in [0.1, 0.15) is 0 Å². The van der Waals surface area contributed by atoms with E-state index in [1.54, 1.807) is 0 Å². The van der Waals surface area contributed by atoms with Crippen molar-refractivity contribution in [3.05, 3.63) is 83.9 Å². The Labute approximate surface area is 157 Å². The van der Waals surface area contributed by atoms with Gasteiger partial charge in [0.05, 0.1) is 19.2 Å². The Hall–Kier alpha value is -3.38. The SMILES string of the molecule is NC(=NCc1cccc2ccccc12)NC(=O)N[C@@H](CO)c1ccccc1. The number of urea groups is 1. The third-order valence-electron chi connectivity index (χ3n) is 4.23. The fraction of sp³-hybridized carbons (Fsp3) is 0.143. The first-order valence-electron chi connectivity index (χ1n) is 8.67. The van der Waals surface area contributed by atoms with Gasteiger partial charge in [-0.25, -0.2) is 9.79 Å². The number of nitrogens with two attached hydrogens (primary N) is 1. The fourth-order valence-corrected chi connectivity index (χ4v) is 2.87. The molecule has 2 amide bonds. The van der Waals surface area contributed by atoms with E-state index in [0.717, 1.165) is 21.9 Å². The molecule has 0 saturated carbocycles. The van der Waals surface area contributed by atoms with E-state index in [-0.39, 0.29) is 12.6 Å². The number of guanidine groups is 1. The summed E-state index contributed by atoms with van der Waals surface area (Å²) in [5.41, 5.74) is 7.67. The quantitative estimate of drug-likeness (QED) is 0.415. The van der Waals surface area contributed by atoms with Gasteiger partial charge in [-0.2, -0.15) is 0 Å². The number of aliphatic hydroxyl groups is 1. The van der Waals surface area contributed by atoms with Crippen molar-refractivity contribution in [1.82, 2.24) is 10.6 Å². The van der Waals surface area contributed by atoms with Gasteiger partial charge in [0.25, 0.3) is 0 Å². The van der Waals surface area contributed by atoms with E-state index in [1.165, 1.54) is 0 Å². The zero-order chi connectivity index (χ0) is 19.1. The van der Waals surface area contributed by atoms with Crippen LogP contribution in [0, 0.1) is 0 Å². The van der Waals surface area contributed by atoms with Crippen molar-refractivity contribution in [1.29, 1.82) is 0 Å². The number of benzene rings is 3. The van der Waals surface area contributed by atoms with Gasteiger partial charge < -0.3 is 16.2 Å². The highest BCUT2D eigenvalue weighted by atomic mass is 16.3. The molecule has 0 aliphatic heterocycles. The monoisotopic (exact) mass is 362 g/mol. The number of nitrogens with zero attached hydrogens (tertiary/aromatic N) is 1. The number of amides is 2. The number of hydrogen-bond acceptors (Lipinski definition) is 3. The lowest BCUT2D eigenvalue weighted by Gasteiger charge is -2.17. The van der Waals surface area contributed by atoms with Crippen LogP contribution in [0.25, 0.3) is 10.8 Å². The van der Waals surface area contributed by atoms with Gasteiger partial charge in [0.2, 0.25) is 0 Å². The number of rotatable bonds is 5. The van der Waals surface area contributed by atoms with Gasteiger partial charge in [-0.15, -0.1) is 0 Å². The topological polar surface area (TPSA) is 99.7 Å². The first-order chi connectivity index (χ1) is 13.2. The van der Waals surface area contributed by atoms with Crippen LogP contribution >= 0.6 is 0 Å². The molecule has 1 atom stereocenters. The van der Waals surface area contributed by atoms with Crippen LogP contribution in [0.15, 0.2) is 77.8 Å². The highest BCUT2D eigenvalue weighted by Crippen LogP contribution is 2.19. The third-order valence-corrected chi connectivity index (χ3v) is 4.23. The van der Waals surface area contributed by atoms with Crippen molar-refractivity contribution in [2.45, 2.75) is 12.6 Å². The van der Waals surface area contributed by atoms with E-state index in [1.807, 2.05) is 72.8 Å². The number of aliphatic imine (C=N–C) groups is 1. The summed E-state index contributed by atoms with van der Waals surface area (Å²) in [7, 11) is 0. The molecule has 0 saturated heterocycles. The highest BCUT2D eigenvalue weighted by Gasteiger charge is 2.13. The van der Waals surface area contributed by atoms with E-state index in [4.69, 9.17) is 5.73 Å². The van der Waals surface area contributed by atoms with Crippen molar-refractivity contribution in [2.24, 2.45) is 10.7 Å². The van der Waals surface area contributed by atoms with E-state index >= 15 is 0 Å². The molecule has 0 unspecified atom stereocenters. The summed E-state index contributed by atoms with van der Waals surface area (Å²) in [4.78, 5) is 16.4. The second kappa shape index (κ2) is 8.82. The zero-order valence-electron chi connectivity index (χ0n) is 14.8. The molecule has 0 radical (unpaired) electrons. The Kier molecular flexibility index (Phi) is 6.02. The molecule has 0 bridgehead atoms. The number of nitrogens with one attached hydrogen (secondary N) is 2. The minimum absolute atomic E-state index is 0.0187. The molecule has 0 fully saturated rings. The molecule has 0 aromatic heterocycles. The maximum atomic E-state index is 12.1. The van der Waals surface area contributed by atoms with Crippen molar-refractivity contribution in [3.8, 4) is 0 Å². The van der Waals surface area contributed by atoms with Crippen molar-refractivity contribution < 1.29 is 9.90 Å². The van der Waals surface area contributed by atoms with Gasteiger partial charge in [0.15, 0.2) is 5.96 Å². The number of aliphatic hydroxyl groups excluding tert-OH is 1. The molecular formula is C21H22N4O2. The summed E-state index contributed by atoms with van der Waals surface area (Å²) in [5, 5.41) is 16.9. The van der Waals surface area contributed by atoms with E-state index in [2.05, 4.69) is 15.6 Å². The molecule has 3 aromatic carbocycles. The number of fused-ring (bicyclic) bond motifs is 1. The van der Waals surface area contributed by atoms with Crippen molar-refractivity contribution >= 4 is 22.8 Å². The van der Waals surface area contributed by atoms with Crippen LogP contribution < -0.4 is 16.4 Å². The lowest BCUT2D eigenvalue weighted by molar-refractivity contribution is 0.220. The molecule has 0 heterocycles. The molecule has 27 heavy (non-hydrogen) atoms. The van der Waals surface area contributed by atoms with Gasteiger partial charge in [-0.3, -0.25) is 5.32 Å². The molecule has 138 valence electrons. The molecule has 6 nitrogen and oxygen atoms in total. The maximum Gasteiger partial charge on any atom is 0.322 e. The Balaban J connectivity index is 1.62. The Morgan fingerprint density at radius 3 is 2.48 bits per heavy atom. The molecule has 3 aromatic rings. The minimum atomic E-state index is -0.517. The number of carbonyl (C=O) groups is 1. The van der Waals surface area contributed by atoms with Crippen LogP contribution in [0.4, 0.5) is 4.79 Å². The van der Waals surface area contributed by atoms with Crippen LogP contribution in [0.5, 0.6) is 0 Å². The molecule has 3 rings (SSSR count). The Bertz CT molecular complexity index is 936. The standard InChI is InChI=1S/C21H22N4O2/c22-20(23-13-17-11-6-10-15-7-4-5-12-18(15)17)25-21(27)24-19(14-26)16-8-2-1-3-9-16/h1-12,19,26H,13-14H2,(H4,22,23,24,25,27)/t19-/m0/s1. The molecular weight excluding hydrogens is 340 g/mol. The van der Waals surface area contributed by atoms with Crippen LogP contribution in [-0.4, -0.2) is 23.7 Å². The summed E-state index contributed by atoms with van der Waals surface area (Å²) in [6.07, 6.45) is 0. The second-order valence-electron chi connectivity index (χ2n) is 6.08. The van der Waals surface area contributed by atoms with Gasteiger partial charge >= 0.3 is 6.03 Å². The predicted octanol–water partition coefficient (Wildman–Crippen LogP) is 2.69. The molecule has 0 aliphatic carbocycles. The number of hydrogen-bond donors (Lipinski definition) is 4. The van der Waals surface area contributed by atoms with Crippen LogP contribution in [0.1, 0.15) is 17.2 Å². The smallest absolute Gasteiger partial charge is 0.322 e. The predicted molar refractivity (Wildman–Crippen MR) is 107 cm³/mol. The molecule has 5 N–H and O–H groups in total. The summed E-state index contributed by atoms with van der Waals surface area (Å²) >= 11 is 0. The summed E-state index contributed by atoms with van der Waals surface area (Å²) in [6.45, 7) is 0.139. The maximum absolute atomic E-state index is 12.1. The van der Waals surface area contributed by atoms with Gasteiger partial charge in [-0.05, 0) is 21.9 Å². The van der Waals surface area contributed by atoms with E-state index in [0.29, 0.717) is 6.54 Å². The van der Waals surface area contributed by atoms with Crippen molar-refractivity contribution in [3.63, 3.8) is 0 Å². The highest BCUT2D eigenvalue weighted by molar-refractivity contribution is 5.95. The van der Waals surface area contributed by atoms with Crippen LogP contribution in [0.2, 0.25) is 0 Å². The molecule has 0 spiro atoms.